The minimum atomic E-state index is -0.767. The van der Waals surface area contributed by atoms with Crippen LogP contribution in [0.4, 0.5) is 4.39 Å². The molecule has 6 nitrogen and oxygen atoms in total. The molecule has 162 valence electrons. The maximum Gasteiger partial charge on any atom is 0.336 e. The molecule has 1 N–H and O–H groups in total. The summed E-state index contributed by atoms with van der Waals surface area (Å²) in [4.78, 5) is 39.3. The van der Waals surface area contributed by atoms with Gasteiger partial charge in [0.05, 0.1) is 12.2 Å². The molecular weight excluding hydrogens is 399 g/mol. The van der Waals surface area contributed by atoms with Crippen molar-refractivity contribution in [3.63, 3.8) is 0 Å². The number of hydrogen-bond donors (Lipinski definition) is 1. The van der Waals surface area contributed by atoms with Crippen molar-refractivity contribution in [2.75, 3.05) is 13.2 Å². The zero-order chi connectivity index (χ0) is 22.4. The molecule has 0 fully saturated rings. The highest BCUT2D eigenvalue weighted by Crippen LogP contribution is 2.37. The predicted octanol–water partition coefficient (Wildman–Crippen LogP) is 3.30. The summed E-state index contributed by atoms with van der Waals surface area (Å²) in [7, 11) is 0. The van der Waals surface area contributed by atoms with E-state index in [1.807, 2.05) is 30.3 Å². The van der Waals surface area contributed by atoms with Crippen LogP contribution in [0.5, 0.6) is 0 Å². The molecule has 0 saturated carbocycles. The van der Waals surface area contributed by atoms with Crippen molar-refractivity contribution in [2.24, 2.45) is 0 Å². The molecule has 2 aromatic carbocycles. The first-order chi connectivity index (χ1) is 14.9. The van der Waals surface area contributed by atoms with Gasteiger partial charge in [-0.05, 0) is 31.0 Å². The summed E-state index contributed by atoms with van der Waals surface area (Å²) in [6, 6.07) is 15.5. The lowest BCUT2D eigenvalue weighted by molar-refractivity contribution is -0.141. The summed E-state index contributed by atoms with van der Waals surface area (Å²) in [6.07, 6.45) is -0.127. The lowest BCUT2D eigenvalue weighted by Crippen LogP contribution is -2.44. The number of halogens is 1. The Labute approximate surface area is 180 Å². The number of esters is 1. The summed E-state index contributed by atoms with van der Waals surface area (Å²) in [5.41, 5.74) is 1.69. The normalized spacial score (nSPS) is 16.3. The third-order valence-corrected chi connectivity index (χ3v) is 5.23. The van der Waals surface area contributed by atoms with Gasteiger partial charge in [-0.2, -0.15) is 0 Å². The van der Waals surface area contributed by atoms with Gasteiger partial charge in [0.15, 0.2) is 0 Å². The average Bonchev–Trinajstić information content (AvgIpc) is 2.76. The Hall–Kier alpha value is -3.48. The van der Waals surface area contributed by atoms with E-state index in [4.69, 9.17) is 4.74 Å². The number of hydrogen-bond acceptors (Lipinski definition) is 4. The number of amides is 2. The van der Waals surface area contributed by atoms with Crippen molar-refractivity contribution >= 4 is 17.8 Å². The second kappa shape index (κ2) is 10.0. The van der Waals surface area contributed by atoms with Crippen LogP contribution in [0.1, 0.15) is 37.3 Å². The number of carbonyl (C=O) groups is 3. The van der Waals surface area contributed by atoms with Gasteiger partial charge in [-0.25, -0.2) is 9.18 Å². The standard InChI is InChI=1S/C24H25FN2O4/c1-3-31-24(30)23-16(2)27(15-21(28)26-14-17-9-5-4-6-10-17)22(29)13-19(23)18-11-7-8-12-20(18)25/h4-12,19H,3,13-15H2,1-2H3,(H,26,28)/t19-/m1/s1. The lowest BCUT2D eigenvalue weighted by Gasteiger charge is -2.34. The summed E-state index contributed by atoms with van der Waals surface area (Å²) in [5, 5.41) is 2.78. The molecule has 7 heteroatoms. The van der Waals surface area contributed by atoms with Gasteiger partial charge < -0.3 is 15.0 Å². The van der Waals surface area contributed by atoms with Crippen LogP contribution >= 0.6 is 0 Å². The Morgan fingerprint density at radius 3 is 2.48 bits per heavy atom. The minimum Gasteiger partial charge on any atom is -0.463 e. The maximum atomic E-state index is 14.5. The van der Waals surface area contributed by atoms with Crippen molar-refractivity contribution < 1.29 is 23.5 Å². The van der Waals surface area contributed by atoms with E-state index in [1.54, 1.807) is 32.0 Å². The monoisotopic (exact) mass is 424 g/mol. The van der Waals surface area contributed by atoms with Crippen LogP contribution in [0.25, 0.3) is 0 Å². The molecule has 0 unspecified atom stereocenters. The van der Waals surface area contributed by atoms with Gasteiger partial charge in [0.1, 0.15) is 12.4 Å². The van der Waals surface area contributed by atoms with Crippen molar-refractivity contribution in [3.05, 3.63) is 82.8 Å². The Kier molecular flexibility index (Phi) is 7.18. The predicted molar refractivity (Wildman–Crippen MR) is 113 cm³/mol. The van der Waals surface area contributed by atoms with Crippen molar-refractivity contribution in [1.82, 2.24) is 10.2 Å². The molecule has 1 atom stereocenters. The molecule has 0 radical (unpaired) electrons. The Morgan fingerprint density at radius 2 is 1.81 bits per heavy atom. The van der Waals surface area contributed by atoms with Gasteiger partial charge in [-0.1, -0.05) is 48.5 Å². The average molecular weight is 424 g/mol. The Morgan fingerprint density at radius 1 is 1.13 bits per heavy atom. The molecule has 0 saturated heterocycles. The summed E-state index contributed by atoms with van der Waals surface area (Å²) >= 11 is 0. The van der Waals surface area contributed by atoms with E-state index in [2.05, 4.69) is 5.32 Å². The maximum absolute atomic E-state index is 14.5. The van der Waals surface area contributed by atoms with E-state index in [-0.39, 0.29) is 42.5 Å². The fourth-order valence-corrected chi connectivity index (χ4v) is 3.70. The number of ether oxygens (including phenoxy) is 1. The zero-order valence-electron chi connectivity index (χ0n) is 17.6. The van der Waals surface area contributed by atoms with Gasteiger partial charge in [-0.15, -0.1) is 0 Å². The number of allylic oxidation sites excluding steroid dienone is 1. The largest absolute Gasteiger partial charge is 0.463 e. The molecule has 3 rings (SSSR count). The molecule has 1 heterocycles. The zero-order valence-corrected chi connectivity index (χ0v) is 17.6. The quantitative estimate of drug-likeness (QED) is 0.692. The third kappa shape index (κ3) is 5.17. The topological polar surface area (TPSA) is 75.7 Å². The molecule has 0 spiro atoms. The van der Waals surface area contributed by atoms with Gasteiger partial charge in [-0.3, -0.25) is 9.59 Å². The first-order valence-corrected chi connectivity index (χ1v) is 10.2. The van der Waals surface area contributed by atoms with E-state index in [0.717, 1.165) is 5.56 Å². The van der Waals surface area contributed by atoms with E-state index in [9.17, 15) is 18.8 Å². The minimum absolute atomic E-state index is 0.127. The van der Waals surface area contributed by atoms with Crippen LogP contribution in [0.3, 0.4) is 0 Å². The number of nitrogens with one attached hydrogen (secondary N) is 1. The van der Waals surface area contributed by atoms with E-state index >= 15 is 0 Å². The number of benzene rings is 2. The highest BCUT2D eigenvalue weighted by atomic mass is 19.1. The van der Waals surface area contributed by atoms with Crippen LogP contribution < -0.4 is 5.32 Å². The van der Waals surface area contributed by atoms with Gasteiger partial charge in [0, 0.05) is 24.6 Å². The summed E-state index contributed by atoms with van der Waals surface area (Å²) in [5.74, 6) is -2.59. The highest BCUT2D eigenvalue weighted by molar-refractivity contribution is 5.97. The Balaban J connectivity index is 1.85. The molecule has 1 aliphatic rings. The first-order valence-electron chi connectivity index (χ1n) is 10.2. The second-order valence-electron chi connectivity index (χ2n) is 7.24. The molecule has 2 amide bonds. The summed E-state index contributed by atoms with van der Waals surface area (Å²) < 4.78 is 19.6. The van der Waals surface area contributed by atoms with E-state index in [1.165, 1.54) is 11.0 Å². The number of carbonyl (C=O) groups excluding carboxylic acids is 3. The second-order valence-corrected chi connectivity index (χ2v) is 7.24. The molecule has 0 bridgehead atoms. The number of nitrogens with zero attached hydrogens (tertiary/aromatic N) is 1. The first kappa shape index (κ1) is 22.2. The van der Waals surface area contributed by atoms with Crippen LogP contribution in [0.2, 0.25) is 0 Å². The fourth-order valence-electron chi connectivity index (χ4n) is 3.70. The van der Waals surface area contributed by atoms with Gasteiger partial charge in [0.2, 0.25) is 11.8 Å². The van der Waals surface area contributed by atoms with Crippen LogP contribution in [-0.4, -0.2) is 35.8 Å². The third-order valence-electron chi connectivity index (χ3n) is 5.23. The van der Waals surface area contributed by atoms with Crippen molar-refractivity contribution in [2.45, 2.75) is 32.7 Å². The van der Waals surface area contributed by atoms with Crippen LogP contribution in [-0.2, 0) is 25.7 Å². The van der Waals surface area contributed by atoms with Crippen LogP contribution in [0.15, 0.2) is 65.9 Å². The smallest absolute Gasteiger partial charge is 0.336 e. The molecule has 0 aromatic heterocycles. The molecule has 1 aliphatic heterocycles. The van der Waals surface area contributed by atoms with E-state index in [0.29, 0.717) is 12.2 Å². The fraction of sp³-hybridized carbons (Fsp3) is 0.292. The van der Waals surface area contributed by atoms with Crippen LogP contribution in [0, 0.1) is 5.82 Å². The SMILES string of the molecule is CCOC(=O)C1=C(C)N(CC(=O)NCc2ccccc2)C(=O)C[C@@H]1c1ccccc1F. The van der Waals surface area contributed by atoms with Gasteiger partial charge in [0.25, 0.3) is 0 Å². The van der Waals surface area contributed by atoms with E-state index < -0.39 is 17.7 Å². The molecule has 31 heavy (non-hydrogen) atoms. The molecule has 0 aliphatic carbocycles. The molecular formula is C24H25FN2O4. The Bertz CT molecular complexity index is 1000. The highest BCUT2D eigenvalue weighted by Gasteiger charge is 2.38. The van der Waals surface area contributed by atoms with Crippen molar-refractivity contribution in [3.8, 4) is 0 Å². The van der Waals surface area contributed by atoms with Crippen molar-refractivity contribution in [1.29, 1.82) is 0 Å². The number of rotatable bonds is 7. The molecule has 2 aromatic rings. The lowest BCUT2D eigenvalue weighted by atomic mass is 9.83. The summed E-state index contributed by atoms with van der Waals surface area (Å²) in [6.45, 7) is 3.50. The van der Waals surface area contributed by atoms with Gasteiger partial charge >= 0.3 is 5.97 Å².